The van der Waals surface area contributed by atoms with E-state index in [2.05, 4.69) is 16.4 Å². The third-order valence-corrected chi connectivity index (χ3v) is 7.12. The van der Waals surface area contributed by atoms with Crippen LogP contribution in [0.3, 0.4) is 0 Å². The molecular weight excluding hydrogens is 444 g/mol. The summed E-state index contributed by atoms with van der Waals surface area (Å²) in [6.07, 6.45) is 0. The minimum absolute atomic E-state index is 0.218. The van der Waals surface area contributed by atoms with E-state index in [1.54, 1.807) is 13.8 Å². The van der Waals surface area contributed by atoms with Crippen LogP contribution in [0.25, 0.3) is 21.5 Å². The number of carbonyl (C=O) groups excluding carboxylic acids is 2. The van der Waals surface area contributed by atoms with E-state index < -0.39 is 11.9 Å². The number of hydrogen-bond acceptors (Lipinski definition) is 8. The number of nitrogens with zero attached hydrogens (tertiary/aromatic N) is 2. The highest BCUT2D eigenvalue weighted by atomic mass is 32.1. The minimum Gasteiger partial charge on any atom is -0.462 e. The first kappa shape index (κ1) is 21.5. The molecule has 0 spiro atoms. The Morgan fingerprint density at radius 1 is 1.16 bits per heavy atom. The standard InChI is InChI=1S/C23H18N4O3S2/c1-3-30-23(29)18-12(2)15(11-24)22(31-18)27-20(28)19-17(25)14-9-10-16(26-21(14)32-19)13-7-5-4-6-8-13/h4-10H,3,25H2,1-2H3,(H,27,28). The van der Waals surface area contributed by atoms with Crippen molar-refractivity contribution in [1.82, 2.24) is 4.98 Å². The van der Waals surface area contributed by atoms with Gasteiger partial charge in [0.1, 0.15) is 25.7 Å². The molecule has 0 aliphatic rings. The van der Waals surface area contributed by atoms with E-state index in [4.69, 9.17) is 10.5 Å². The lowest BCUT2D eigenvalue weighted by Crippen LogP contribution is -2.11. The number of benzene rings is 1. The van der Waals surface area contributed by atoms with E-state index in [9.17, 15) is 14.9 Å². The Kier molecular flexibility index (Phi) is 5.90. The smallest absolute Gasteiger partial charge is 0.348 e. The number of hydrogen-bond donors (Lipinski definition) is 2. The van der Waals surface area contributed by atoms with Gasteiger partial charge in [0, 0.05) is 10.9 Å². The summed E-state index contributed by atoms with van der Waals surface area (Å²) in [6.45, 7) is 3.58. The molecule has 0 radical (unpaired) electrons. The first-order valence-electron chi connectivity index (χ1n) is 9.71. The second kappa shape index (κ2) is 8.78. The van der Waals surface area contributed by atoms with Gasteiger partial charge in [-0.15, -0.1) is 22.7 Å². The molecule has 9 heteroatoms. The van der Waals surface area contributed by atoms with E-state index >= 15 is 0 Å². The van der Waals surface area contributed by atoms with Gasteiger partial charge in [-0.25, -0.2) is 9.78 Å². The van der Waals surface area contributed by atoms with Crippen LogP contribution in [0.2, 0.25) is 0 Å². The summed E-state index contributed by atoms with van der Waals surface area (Å²) in [4.78, 5) is 31.1. The fourth-order valence-corrected chi connectivity index (χ4v) is 5.26. The van der Waals surface area contributed by atoms with Crippen molar-refractivity contribution < 1.29 is 14.3 Å². The van der Waals surface area contributed by atoms with Crippen molar-refractivity contribution in [1.29, 1.82) is 5.26 Å². The molecule has 7 nitrogen and oxygen atoms in total. The number of nitrogens with two attached hydrogens (primary N) is 1. The molecule has 1 aromatic carbocycles. The first-order chi connectivity index (χ1) is 15.4. The number of amides is 1. The van der Waals surface area contributed by atoms with Gasteiger partial charge in [-0.2, -0.15) is 5.26 Å². The molecule has 3 heterocycles. The number of nitrogen functional groups attached to an aromatic ring is 1. The van der Waals surface area contributed by atoms with Crippen molar-refractivity contribution in [2.45, 2.75) is 13.8 Å². The zero-order valence-electron chi connectivity index (χ0n) is 17.3. The summed E-state index contributed by atoms with van der Waals surface area (Å²) in [5.41, 5.74) is 9.03. The Morgan fingerprint density at radius 2 is 1.91 bits per heavy atom. The van der Waals surface area contributed by atoms with E-state index in [1.807, 2.05) is 42.5 Å². The average Bonchev–Trinajstić information content (AvgIpc) is 3.30. The van der Waals surface area contributed by atoms with Crippen LogP contribution in [0.15, 0.2) is 42.5 Å². The Labute approximate surface area is 192 Å². The molecule has 0 unspecified atom stereocenters. The first-order valence-corrected chi connectivity index (χ1v) is 11.3. The molecule has 4 rings (SSSR count). The van der Waals surface area contributed by atoms with Gasteiger partial charge in [0.15, 0.2) is 0 Å². The van der Waals surface area contributed by atoms with Crippen molar-refractivity contribution in [2.75, 3.05) is 17.7 Å². The molecule has 160 valence electrons. The zero-order chi connectivity index (χ0) is 22.8. The molecule has 0 bridgehead atoms. The number of anilines is 2. The van der Waals surface area contributed by atoms with Gasteiger partial charge >= 0.3 is 5.97 Å². The number of thiophene rings is 2. The van der Waals surface area contributed by atoms with E-state index in [0.717, 1.165) is 22.6 Å². The van der Waals surface area contributed by atoms with Crippen LogP contribution in [-0.2, 0) is 4.74 Å². The van der Waals surface area contributed by atoms with Gasteiger partial charge in [-0.05, 0) is 31.5 Å². The predicted molar refractivity (Wildman–Crippen MR) is 127 cm³/mol. The summed E-state index contributed by atoms with van der Waals surface area (Å²) in [5, 5.41) is 13.2. The summed E-state index contributed by atoms with van der Waals surface area (Å²) in [5.74, 6) is -0.981. The molecule has 32 heavy (non-hydrogen) atoms. The number of nitriles is 1. The second-order valence-electron chi connectivity index (χ2n) is 6.81. The van der Waals surface area contributed by atoms with Crippen molar-refractivity contribution in [3.8, 4) is 17.3 Å². The summed E-state index contributed by atoms with van der Waals surface area (Å²) in [6, 6.07) is 15.5. The number of esters is 1. The lowest BCUT2D eigenvalue weighted by atomic mass is 10.1. The van der Waals surface area contributed by atoms with E-state index in [1.165, 1.54) is 11.3 Å². The molecule has 3 N–H and O–H groups in total. The highest BCUT2D eigenvalue weighted by molar-refractivity contribution is 7.21. The van der Waals surface area contributed by atoms with Crippen LogP contribution in [0, 0.1) is 18.3 Å². The summed E-state index contributed by atoms with van der Waals surface area (Å²) in [7, 11) is 0. The SMILES string of the molecule is CCOC(=O)c1sc(NC(=O)c2sc3nc(-c4ccccc4)ccc3c2N)c(C#N)c1C. The predicted octanol–water partition coefficient (Wildman–Crippen LogP) is 5.22. The molecule has 0 saturated carbocycles. The summed E-state index contributed by atoms with van der Waals surface area (Å²) >= 11 is 2.19. The fraction of sp³-hybridized carbons (Fsp3) is 0.130. The van der Waals surface area contributed by atoms with Crippen LogP contribution in [0.4, 0.5) is 10.7 Å². The van der Waals surface area contributed by atoms with E-state index in [-0.39, 0.29) is 22.0 Å². The topological polar surface area (TPSA) is 118 Å². The Hall–Kier alpha value is -3.74. The van der Waals surface area contributed by atoms with Crippen LogP contribution < -0.4 is 11.1 Å². The van der Waals surface area contributed by atoms with Crippen LogP contribution in [0.1, 0.15) is 37.4 Å². The van der Waals surface area contributed by atoms with Crippen molar-refractivity contribution >= 4 is 55.5 Å². The highest BCUT2D eigenvalue weighted by Crippen LogP contribution is 2.37. The van der Waals surface area contributed by atoms with Gasteiger partial charge in [0.2, 0.25) is 0 Å². The Morgan fingerprint density at radius 3 is 2.59 bits per heavy atom. The second-order valence-corrected chi connectivity index (χ2v) is 8.83. The number of aromatic nitrogens is 1. The molecule has 4 aromatic rings. The molecular formula is C23H18N4O3S2. The van der Waals surface area contributed by atoms with Crippen molar-refractivity contribution in [3.05, 3.63) is 63.3 Å². The zero-order valence-corrected chi connectivity index (χ0v) is 18.9. The maximum atomic E-state index is 13.0. The highest BCUT2D eigenvalue weighted by Gasteiger charge is 2.24. The number of rotatable bonds is 5. The fourth-order valence-electron chi connectivity index (χ4n) is 3.22. The molecule has 0 aliphatic heterocycles. The third-order valence-electron chi connectivity index (χ3n) is 4.82. The normalized spacial score (nSPS) is 10.7. The van der Waals surface area contributed by atoms with E-state index in [0.29, 0.717) is 26.3 Å². The molecule has 0 aliphatic carbocycles. The molecule has 3 aromatic heterocycles. The molecule has 0 fully saturated rings. The number of fused-ring (bicyclic) bond motifs is 1. The number of nitrogens with one attached hydrogen (secondary N) is 1. The van der Waals surface area contributed by atoms with Gasteiger partial charge in [0.05, 0.1) is 23.6 Å². The molecule has 0 atom stereocenters. The molecule has 1 amide bonds. The van der Waals surface area contributed by atoms with Gasteiger partial charge < -0.3 is 15.8 Å². The quantitative estimate of drug-likeness (QED) is 0.393. The van der Waals surface area contributed by atoms with Crippen LogP contribution in [0.5, 0.6) is 0 Å². The number of pyridine rings is 1. The monoisotopic (exact) mass is 462 g/mol. The van der Waals surface area contributed by atoms with Crippen LogP contribution in [-0.4, -0.2) is 23.5 Å². The Bertz CT molecular complexity index is 1380. The average molecular weight is 463 g/mol. The maximum absolute atomic E-state index is 13.0. The summed E-state index contributed by atoms with van der Waals surface area (Å²) < 4.78 is 5.04. The largest absolute Gasteiger partial charge is 0.462 e. The van der Waals surface area contributed by atoms with Crippen molar-refractivity contribution in [3.63, 3.8) is 0 Å². The Balaban J connectivity index is 1.68. The minimum atomic E-state index is -0.522. The van der Waals surface area contributed by atoms with Gasteiger partial charge in [-0.1, -0.05) is 30.3 Å². The van der Waals surface area contributed by atoms with Gasteiger partial charge in [0.25, 0.3) is 5.91 Å². The number of carbonyl (C=O) groups is 2. The number of ether oxygens (including phenoxy) is 1. The third kappa shape index (κ3) is 3.82. The van der Waals surface area contributed by atoms with Crippen LogP contribution >= 0.6 is 22.7 Å². The molecule has 0 saturated heterocycles. The van der Waals surface area contributed by atoms with Crippen molar-refractivity contribution in [2.24, 2.45) is 0 Å². The lowest BCUT2D eigenvalue weighted by Gasteiger charge is -2.02. The van der Waals surface area contributed by atoms with Gasteiger partial charge in [-0.3, -0.25) is 4.79 Å². The maximum Gasteiger partial charge on any atom is 0.348 e. The lowest BCUT2D eigenvalue weighted by molar-refractivity contribution is 0.0531.